The Balaban J connectivity index is 1.96. The van der Waals surface area contributed by atoms with E-state index >= 15 is 0 Å². The molecular weight excluding hydrogens is 286 g/mol. The minimum atomic E-state index is -0.363. The number of nitro benzene ring substituents is 1. The lowest BCUT2D eigenvalue weighted by Gasteiger charge is -2.18. The third kappa shape index (κ3) is 3.64. The second-order valence-electron chi connectivity index (χ2n) is 5.50. The Morgan fingerprint density at radius 2 is 1.26 bits per heavy atom. The van der Waals surface area contributed by atoms with Gasteiger partial charge in [0.25, 0.3) is 5.69 Å². The van der Waals surface area contributed by atoms with Gasteiger partial charge < -0.3 is 0 Å². The average Bonchev–Trinajstić information content (AvgIpc) is 2.61. The Labute approximate surface area is 135 Å². The van der Waals surface area contributed by atoms with Gasteiger partial charge in [-0.3, -0.25) is 10.1 Å². The number of hydrogen-bond donors (Lipinski definition) is 0. The largest absolute Gasteiger partial charge is 0.269 e. The van der Waals surface area contributed by atoms with E-state index in [1.165, 1.54) is 11.1 Å². The van der Waals surface area contributed by atoms with Crippen molar-refractivity contribution in [2.45, 2.75) is 12.3 Å². The number of non-ortho nitro benzene ring substituents is 1. The summed E-state index contributed by atoms with van der Waals surface area (Å²) in [6.07, 6.45) is 0.864. The summed E-state index contributed by atoms with van der Waals surface area (Å²) in [6.45, 7) is 0. The van der Waals surface area contributed by atoms with E-state index in [-0.39, 0.29) is 16.5 Å². The second kappa shape index (κ2) is 6.88. The molecule has 0 fully saturated rings. The van der Waals surface area contributed by atoms with Gasteiger partial charge in [0.15, 0.2) is 0 Å². The first-order valence-corrected chi connectivity index (χ1v) is 7.57. The lowest BCUT2D eigenvalue weighted by Crippen LogP contribution is -2.05. The summed E-state index contributed by atoms with van der Waals surface area (Å²) in [5, 5.41) is 10.8. The molecule has 0 amide bonds. The molecular formula is C20H17NO2. The first-order valence-electron chi connectivity index (χ1n) is 7.57. The van der Waals surface area contributed by atoms with Gasteiger partial charge in [0, 0.05) is 18.1 Å². The lowest BCUT2D eigenvalue weighted by molar-refractivity contribution is -0.384. The van der Waals surface area contributed by atoms with Crippen LogP contribution < -0.4 is 0 Å². The monoisotopic (exact) mass is 303 g/mol. The topological polar surface area (TPSA) is 43.1 Å². The lowest BCUT2D eigenvalue weighted by atomic mass is 9.86. The van der Waals surface area contributed by atoms with Gasteiger partial charge >= 0.3 is 0 Å². The summed E-state index contributed by atoms with van der Waals surface area (Å²) in [4.78, 5) is 10.5. The number of benzene rings is 3. The Kier molecular flexibility index (Phi) is 4.48. The van der Waals surface area contributed by atoms with Crippen LogP contribution in [0.1, 0.15) is 22.6 Å². The molecule has 0 aromatic heterocycles. The predicted molar refractivity (Wildman–Crippen MR) is 91.5 cm³/mol. The molecule has 3 nitrogen and oxygen atoms in total. The summed E-state index contributed by atoms with van der Waals surface area (Å²) in [6, 6.07) is 27.4. The molecule has 1 atom stereocenters. The van der Waals surface area contributed by atoms with Crippen LogP contribution in [-0.2, 0) is 6.42 Å². The fraction of sp³-hybridized carbons (Fsp3) is 0.100. The molecule has 3 aromatic carbocycles. The Morgan fingerprint density at radius 1 is 0.739 bits per heavy atom. The van der Waals surface area contributed by atoms with Crippen molar-refractivity contribution in [2.24, 2.45) is 0 Å². The van der Waals surface area contributed by atoms with E-state index in [9.17, 15) is 10.1 Å². The molecule has 1 unspecified atom stereocenters. The first-order chi connectivity index (χ1) is 11.2. The summed E-state index contributed by atoms with van der Waals surface area (Å²) >= 11 is 0. The Hall–Kier alpha value is -2.94. The Morgan fingerprint density at radius 3 is 1.83 bits per heavy atom. The summed E-state index contributed by atoms with van der Waals surface area (Å²) in [5.41, 5.74) is 3.68. The van der Waals surface area contributed by atoms with Crippen LogP contribution in [-0.4, -0.2) is 4.92 Å². The van der Waals surface area contributed by atoms with Crippen LogP contribution in [0.2, 0.25) is 0 Å². The standard InChI is InChI=1S/C20H17NO2/c22-21(23)19-13-11-18(12-14-19)20(17-9-5-2-6-10-17)15-16-7-3-1-4-8-16/h1-14,20H,15H2. The highest BCUT2D eigenvalue weighted by Gasteiger charge is 2.16. The number of rotatable bonds is 5. The van der Waals surface area contributed by atoms with Crippen LogP contribution in [0.4, 0.5) is 5.69 Å². The molecule has 0 saturated heterocycles. The maximum atomic E-state index is 10.8. The van der Waals surface area contributed by atoms with Crippen molar-refractivity contribution < 1.29 is 4.92 Å². The Bertz CT molecular complexity index is 768. The average molecular weight is 303 g/mol. The highest BCUT2D eigenvalue weighted by Crippen LogP contribution is 2.29. The summed E-state index contributed by atoms with van der Waals surface area (Å²) in [7, 11) is 0. The molecule has 0 aliphatic rings. The molecule has 3 heteroatoms. The van der Waals surface area contributed by atoms with E-state index < -0.39 is 0 Å². The van der Waals surface area contributed by atoms with Crippen LogP contribution in [0.5, 0.6) is 0 Å². The molecule has 0 spiro atoms. The van der Waals surface area contributed by atoms with E-state index in [1.54, 1.807) is 12.1 Å². The zero-order valence-electron chi connectivity index (χ0n) is 12.6. The maximum absolute atomic E-state index is 10.8. The van der Waals surface area contributed by atoms with Gasteiger partial charge in [0.1, 0.15) is 0 Å². The minimum Gasteiger partial charge on any atom is -0.258 e. The fourth-order valence-corrected chi connectivity index (χ4v) is 2.79. The van der Waals surface area contributed by atoms with Gasteiger partial charge in [-0.15, -0.1) is 0 Å². The molecule has 3 rings (SSSR count). The van der Waals surface area contributed by atoms with Gasteiger partial charge in [-0.25, -0.2) is 0 Å². The van der Waals surface area contributed by atoms with Crippen molar-refractivity contribution in [3.8, 4) is 0 Å². The molecule has 0 aliphatic carbocycles. The third-order valence-corrected chi connectivity index (χ3v) is 3.99. The number of nitrogens with zero attached hydrogens (tertiary/aromatic N) is 1. The number of hydrogen-bond acceptors (Lipinski definition) is 2. The molecule has 23 heavy (non-hydrogen) atoms. The quantitative estimate of drug-likeness (QED) is 0.493. The zero-order chi connectivity index (χ0) is 16.1. The van der Waals surface area contributed by atoms with Crippen molar-refractivity contribution in [3.63, 3.8) is 0 Å². The fourth-order valence-electron chi connectivity index (χ4n) is 2.79. The molecule has 114 valence electrons. The van der Waals surface area contributed by atoms with Gasteiger partial charge in [0.2, 0.25) is 0 Å². The van der Waals surface area contributed by atoms with E-state index in [2.05, 4.69) is 24.3 Å². The highest BCUT2D eigenvalue weighted by atomic mass is 16.6. The summed E-state index contributed by atoms with van der Waals surface area (Å²) in [5.74, 6) is 0.180. The van der Waals surface area contributed by atoms with E-state index in [0.717, 1.165) is 12.0 Å². The molecule has 0 aliphatic heterocycles. The van der Waals surface area contributed by atoms with Crippen LogP contribution in [0, 0.1) is 10.1 Å². The van der Waals surface area contributed by atoms with Crippen molar-refractivity contribution >= 4 is 5.69 Å². The molecule has 3 aromatic rings. The van der Waals surface area contributed by atoms with Crippen LogP contribution in [0.15, 0.2) is 84.9 Å². The van der Waals surface area contributed by atoms with Crippen molar-refractivity contribution in [2.75, 3.05) is 0 Å². The maximum Gasteiger partial charge on any atom is 0.269 e. The SMILES string of the molecule is O=[N+]([O-])c1ccc(C(Cc2ccccc2)c2ccccc2)cc1. The smallest absolute Gasteiger partial charge is 0.258 e. The van der Waals surface area contributed by atoms with Crippen molar-refractivity contribution in [1.29, 1.82) is 0 Å². The van der Waals surface area contributed by atoms with Gasteiger partial charge in [-0.2, -0.15) is 0 Å². The van der Waals surface area contributed by atoms with Crippen molar-refractivity contribution in [1.82, 2.24) is 0 Å². The minimum absolute atomic E-state index is 0.125. The first kappa shape index (κ1) is 15.0. The second-order valence-corrected chi connectivity index (χ2v) is 5.50. The van der Waals surface area contributed by atoms with Gasteiger partial charge in [0.05, 0.1) is 4.92 Å². The number of nitro groups is 1. The predicted octanol–water partition coefficient (Wildman–Crippen LogP) is 4.97. The molecule has 0 N–H and O–H groups in total. The van der Waals surface area contributed by atoms with Gasteiger partial charge in [-0.1, -0.05) is 72.8 Å². The van der Waals surface area contributed by atoms with E-state index in [4.69, 9.17) is 0 Å². The van der Waals surface area contributed by atoms with Crippen molar-refractivity contribution in [3.05, 3.63) is 112 Å². The van der Waals surface area contributed by atoms with Crippen LogP contribution in [0.25, 0.3) is 0 Å². The van der Waals surface area contributed by atoms with Crippen LogP contribution >= 0.6 is 0 Å². The molecule has 0 radical (unpaired) electrons. The highest BCUT2D eigenvalue weighted by molar-refractivity contribution is 5.40. The summed E-state index contributed by atoms with van der Waals surface area (Å²) < 4.78 is 0. The van der Waals surface area contributed by atoms with E-state index in [0.29, 0.717) is 0 Å². The molecule has 0 heterocycles. The van der Waals surface area contributed by atoms with Crippen LogP contribution in [0.3, 0.4) is 0 Å². The molecule has 0 saturated carbocycles. The zero-order valence-corrected chi connectivity index (χ0v) is 12.6. The third-order valence-electron chi connectivity index (χ3n) is 3.99. The normalized spacial score (nSPS) is 11.8. The van der Waals surface area contributed by atoms with E-state index in [1.807, 2.05) is 48.5 Å². The van der Waals surface area contributed by atoms with Gasteiger partial charge in [-0.05, 0) is 23.1 Å². The molecule has 0 bridgehead atoms.